The molecule has 0 bridgehead atoms. The van der Waals surface area contributed by atoms with E-state index in [2.05, 4.69) is 0 Å². The number of methoxy groups -OCH3 is 3. The first kappa shape index (κ1) is 13.9. The molecule has 0 saturated heterocycles. The van der Waals surface area contributed by atoms with Crippen LogP contribution in [0.15, 0.2) is 42.5 Å². The Morgan fingerprint density at radius 2 is 1.65 bits per heavy atom. The van der Waals surface area contributed by atoms with Gasteiger partial charge in [-0.3, -0.25) is 4.79 Å². The Balaban J connectivity index is 2.47. The standard InChI is InChI=1S/C16H16O4/c1-18-12-7-4-6-11(10-12)15(17)13-8-5-9-14(19-2)16(13)20-3/h4-10H,1-3H3. The average Bonchev–Trinajstić information content (AvgIpc) is 2.53. The molecule has 0 aliphatic heterocycles. The first-order valence-electron chi connectivity index (χ1n) is 6.11. The van der Waals surface area contributed by atoms with E-state index in [4.69, 9.17) is 14.2 Å². The second-order valence-corrected chi connectivity index (χ2v) is 4.10. The summed E-state index contributed by atoms with van der Waals surface area (Å²) < 4.78 is 15.6. The van der Waals surface area contributed by atoms with Crippen LogP contribution in [-0.2, 0) is 0 Å². The normalized spacial score (nSPS) is 9.95. The maximum atomic E-state index is 12.6. The van der Waals surface area contributed by atoms with E-state index in [1.54, 1.807) is 49.6 Å². The average molecular weight is 272 g/mol. The van der Waals surface area contributed by atoms with Gasteiger partial charge in [-0.2, -0.15) is 0 Å². The van der Waals surface area contributed by atoms with Crippen molar-refractivity contribution < 1.29 is 19.0 Å². The second kappa shape index (κ2) is 6.10. The third-order valence-corrected chi connectivity index (χ3v) is 2.98. The predicted octanol–water partition coefficient (Wildman–Crippen LogP) is 2.94. The highest BCUT2D eigenvalue weighted by Gasteiger charge is 2.18. The molecule has 0 fully saturated rings. The number of benzene rings is 2. The molecule has 2 aromatic carbocycles. The summed E-state index contributed by atoms with van der Waals surface area (Å²) in [5.74, 6) is 1.46. The number of carbonyl (C=O) groups excluding carboxylic acids is 1. The van der Waals surface area contributed by atoms with E-state index in [0.29, 0.717) is 28.4 Å². The fraction of sp³-hybridized carbons (Fsp3) is 0.188. The quantitative estimate of drug-likeness (QED) is 0.785. The fourth-order valence-electron chi connectivity index (χ4n) is 1.99. The number of rotatable bonds is 5. The molecule has 104 valence electrons. The molecule has 2 aromatic rings. The van der Waals surface area contributed by atoms with Gasteiger partial charge in [0, 0.05) is 5.56 Å². The lowest BCUT2D eigenvalue weighted by Crippen LogP contribution is -2.05. The van der Waals surface area contributed by atoms with Gasteiger partial charge in [0.2, 0.25) is 0 Å². The zero-order valence-corrected chi connectivity index (χ0v) is 11.7. The number of hydrogen-bond donors (Lipinski definition) is 0. The van der Waals surface area contributed by atoms with Crippen LogP contribution in [0.4, 0.5) is 0 Å². The Labute approximate surface area is 117 Å². The monoisotopic (exact) mass is 272 g/mol. The lowest BCUT2D eigenvalue weighted by Gasteiger charge is -2.12. The summed E-state index contributed by atoms with van der Waals surface area (Å²) in [6, 6.07) is 12.2. The van der Waals surface area contributed by atoms with Gasteiger partial charge in [-0.1, -0.05) is 18.2 Å². The van der Waals surface area contributed by atoms with Crippen LogP contribution in [0, 0.1) is 0 Å². The zero-order chi connectivity index (χ0) is 14.5. The highest BCUT2D eigenvalue weighted by atomic mass is 16.5. The van der Waals surface area contributed by atoms with Crippen molar-refractivity contribution in [3.63, 3.8) is 0 Å². The first-order valence-corrected chi connectivity index (χ1v) is 6.11. The highest BCUT2D eigenvalue weighted by Crippen LogP contribution is 2.32. The summed E-state index contributed by atoms with van der Waals surface area (Å²) in [6.45, 7) is 0. The molecule has 0 aromatic heterocycles. The van der Waals surface area contributed by atoms with Crippen molar-refractivity contribution in [3.05, 3.63) is 53.6 Å². The predicted molar refractivity (Wildman–Crippen MR) is 76.0 cm³/mol. The van der Waals surface area contributed by atoms with Gasteiger partial charge < -0.3 is 14.2 Å². The lowest BCUT2D eigenvalue weighted by molar-refractivity contribution is 0.103. The molecule has 0 amide bonds. The maximum absolute atomic E-state index is 12.6. The van der Waals surface area contributed by atoms with Gasteiger partial charge in [-0.05, 0) is 24.3 Å². The van der Waals surface area contributed by atoms with E-state index in [-0.39, 0.29) is 5.78 Å². The maximum Gasteiger partial charge on any atom is 0.197 e. The van der Waals surface area contributed by atoms with Crippen LogP contribution < -0.4 is 14.2 Å². The van der Waals surface area contributed by atoms with Crippen LogP contribution in [0.1, 0.15) is 15.9 Å². The van der Waals surface area contributed by atoms with Crippen LogP contribution in [0.25, 0.3) is 0 Å². The fourth-order valence-corrected chi connectivity index (χ4v) is 1.99. The molecule has 0 spiro atoms. The molecule has 4 nitrogen and oxygen atoms in total. The number of ketones is 1. The summed E-state index contributed by atoms with van der Waals surface area (Å²) in [6.07, 6.45) is 0. The molecule has 0 aliphatic rings. The largest absolute Gasteiger partial charge is 0.497 e. The van der Waals surface area contributed by atoms with Gasteiger partial charge in [0.15, 0.2) is 17.3 Å². The molecule has 0 unspecified atom stereocenters. The van der Waals surface area contributed by atoms with Crippen LogP contribution in [0.3, 0.4) is 0 Å². The van der Waals surface area contributed by atoms with Crippen LogP contribution in [0.2, 0.25) is 0 Å². The smallest absolute Gasteiger partial charge is 0.197 e. The van der Waals surface area contributed by atoms with E-state index in [9.17, 15) is 4.79 Å². The SMILES string of the molecule is COc1cccc(C(=O)c2cccc(OC)c2OC)c1. The van der Waals surface area contributed by atoms with Crippen molar-refractivity contribution in [1.29, 1.82) is 0 Å². The van der Waals surface area contributed by atoms with Crippen LogP contribution in [-0.4, -0.2) is 27.1 Å². The minimum Gasteiger partial charge on any atom is -0.497 e. The summed E-state index contributed by atoms with van der Waals surface area (Å²) in [4.78, 5) is 12.6. The topological polar surface area (TPSA) is 44.8 Å². The van der Waals surface area contributed by atoms with Crippen molar-refractivity contribution in [2.24, 2.45) is 0 Å². The summed E-state index contributed by atoms with van der Waals surface area (Å²) in [5, 5.41) is 0. The molecule has 20 heavy (non-hydrogen) atoms. The molecule has 0 radical (unpaired) electrons. The van der Waals surface area contributed by atoms with Crippen molar-refractivity contribution in [2.45, 2.75) is 0 Å². The van der Waals surface area contributed by atoms with Crippen molar-refractivity contribution in [1.82, 2.24) is 0 Å². The minimum atomic E-state index is -0.139. The van der Waals surface area contributed by atoms with Crippen molar-refractivity contribution in [2.75, 3.05) is 21.3 Å². The molecule has 0 N–H and O–H groups in total. The lowest BCUT2D eigenvalue weighted by atomic mass is 10.0. The Kier molecular flexibility index (Phi) is 4.25. The van der Waals surface area contributed by atoms with E-state index in [1.165, 1.54) is 14.2 Å². The van der Waals surface area contributed by atoms with Gasteiger partial charge in [0.05, 0.1) is 26.9 Å². The van der Waals surface area contributed by atoms with Crippen LogP contribution >= 0.6 is 0 Å². The molecule has 0 aliphatic carbocycles. The van der Waals surface area contributed by atoms with E-state index >= 15 is 0 Å². The number of para-hydroxylation sites is 1. The van der Waals surface area contributed by atoms with Gasteiger partial charge in [0.25, 0.3) is 0 Å². The van der Waals surface area contributed by atoms with Crippen molar-refractivity contribution in [3.8, 4) is 17.2 Å². The van der Waals surface area contributed by atoms with Gasteiger partial charge in [0.1, 0.15) is 5.75 Å². The third kappa shape index (κ3) is 2.59. The molecular weight excluding hydrogens is 256 g/mol. The minimum absolute atomic E-state index is 0.139. The van der Waals surface area contributed by atoms with Crippen molar-refractivity contribution >= 4 is 5.78 Å². The van der Waals surface area contributed by atoms with E-state index < -0.39 is 0 Å². The number of carbonyl (C=O) groups is 1. The Bertz CT molecular complexity index is 620. The summed E-state index contributed by atoms with van der Waals surface area (Å²) in [5.41, 5.74) is 0.996. The zero-order valence-electron chi connectivity index (χ0n) is 11.7. The highest BCUT2D eigenvalue weighted by molar-refractivity contribution is 6.11. The molecule has 0 heterocycles. The van der Waals surface area contributed by atoms with Gasteiger partial charge in [-0.15, -0.1) is 0 Å². The molecule has 0 atom stereocenters. The Morgan fingerprint density at radius 1 is 0.900 bits per heavy atom. The molecule has 4 heteroatoms. The molecular formula is C16H16O4. The summed E-state index contributed by atoms with van der Waals surface area (Å²) >= 11 is 0. The number of hydrogen-bond acceptors (Lipinski definition) is 4. The Hall–Kier alpha value is -2.49. The second-order valence-electron chi connectivity index (χ2n) is 4.10. The molecule has 0 saturated carbocycles. The third-order valence-electron chi connectivity index (χ3n) is 2.98. The Morgan fingerprint density at radius 3 is 2.30 bits per heavy atom. The summed E-state index contributed by atoms with van der Waals surface area (Å²) in [7, 11) is 4.62. The first-order chi connectivity index (χ1) is 9.71. The van der Waals surface area contributed by atoms with E-state index in [0.717, 1.165) is 0 Å². The van der Waals surface area contributed by atoms with Gasteiger partial charge in [-0.25, -0.2) is 0 Å². The molecule has 2 rings (SSSR count). The van der Waals surface area contributed by atoms with Gasteiger partial charge >= 0.3 is 0 Å². The van der Waals surface area contributed by atoms with Crippen LogP contribution in [0.5, 0.6) is 17.2 Å². The number of ether oxygens (including phenoxy) is 3. The van der Waals surface area contributed by atoms with E-state index in [1.807, 2.05) is 0 Å².